The lowest BCUT2D eigenvalue weighted by molar-refractivity contribution is -0.137. The van der Waals surface area contributed by atoms with Gasteiger partial charge >= 0.3 is 11.9 Å². The molecule has 0 bridgehead atoms. The molecule has 0 saturated heterocycles. The molecule has 0 aliphatic rings. The summed E-state index contributed by atoms with van der Waals surface area (Å²) in [6.07, 6.45) is 3.76. The Labute approximate surface area is 122 Å². The second-order valence-electron chi connectivity index (χ2n) is 4.10. The summed E-state index contributed by atoms with van der Waals surface area (Å²) in [7, 11) is 0. The predicted octanol–water partition coefficient (Wildman–Crippen LogP) is 3.31. The van der Waals surface area contributed by atoms with Crippen LogP contribution in [0.25, 0.3) is 0 Å². The van der Waals surface area contributed by atoms with E-state index < -0.39 is 11.9 Å². The molecular formula is C15H15ClO4. The summed E-state index contributed by atoms with van der Waals surface area (Å²) in [5.41, 5.74) is 1.04. The topological polar surface area (TPSA) is 52.6 Å². The van der Waals surface area contributed by atoms with Crippen LogP contribution in [-0.4, -0.2) is 18.5 Å². The average Bonchev–Trinajstić information content (AvgIpc) is 2.39. The number of ether oxygens (including phenoxy) is 2. The molecular weight excluding hydrogens is 280 g/mol. The summed E-state index contributed by atoms with van der Waals surface area (Å²) in [5, 5.41) is 0.320. The minimum absolute atomic E-state index is 0.172. The number of hydrogen-bond acceptors (Lipinski definition) is 4. The first kappa shape index (κ1) is 16.0. The fourth-order valence-corrected chi connectivity index (χ4v) is 1.32. The number of carbonyl (C=O) groups is 2. The monoisotopic (exact) mass is 294 g/mol. The van der Waals surface area contributed by atoms with E-state index in [1.165, 1.54) is 0 Å². The molecule has 0 spiro atoms. The van der Waals surface area contributed by atoms with Crippen molar-refractivity contribution >= 4 is 23.5 Å². The van der Waals surface area contributed by atoms with Crippen molar-refractivity contribution in [3.63, 3.8) is 0 Å². The van der Waals surface area contributed by atoms with Gasteiger partial charge in [-0.2, -0.15) is 0 Å². The van der Waals surface area contributed by atoms with E-state index in [-0.39, 0.29) is 12.4 Å². The highest BCUT2D eigenvalue weighted by atomic mass is 35.5. The average molecular weight is 295 g/mol. The van der Waals surface area contributed by atoms with Gasteiger partial charge in [0.05, 0.1) is 5.02 Å². The van der Waals surface area contributed by atoms with Crippen molar-refractivity contribution in [2.45, 2.75) is 13.8 Å². The third kappa shape index (κ3) is 6.20. The lowest BCUT2D eigenvalue weighted by Gasteiger charge is -2.02. The quantitative estimate of drug-likeness (QED) is 0.362. The van der Waals surface area contributed by atoms with Crippen molar-refractivity contribution in [2.24, 2.45) is 0 Å². The molecule has 1 aromatic carbocycles. The number of rotatable bonds is 5. The maximum absolute atomic E-state index is 11.5. The van der Waals surface area contributed by atoms with E-state index in [9.17, 15) is 9.59 Å². The number of hydrogen-bond donors (Lipinski definition) is 0. The van der Waals surface area contributed by atoms with Crippen LogP contribution >= 0.6 is 11.6 Å². The van der Waals surface area contributed by atoms with Crippen LogP contribution < -0.4 is 4.74 Å². The molecule has 0 heterocycles. The highest BCUT2D eigenvalue weighted by Gasteiger charge is 2.05. The van der Waals surface area contributed by atoms with Crippen molar-refractivity contribution in [3.05, 3.63) is 53.1 Å². The Morgan fingerprint density at radius 3 is 2.45 bits per heavy atom. The van der Waals surface area contributed by atoms with Crippen LogP contribution in [0.15, 0.2) is 48.1 Å². The first-order valence-corrected chi connectivity index (χ1v) is 6.31. The molecule has 0 fully saturated rings. The maximum atomic E-state index is 11.5. The van der Waals surface area contributed by atoms with Gasteiger partial charge in [-0.25, -0.2) is 9.59 Å². The molecule has 0 amide bonds. The lowest BCUT2D eigenvalue weighted by Crippen LogP contribution is -2.07. The van der Waals surface area contributed by atoms with Gasteiger partial charge in [-0.1, -0.05) is 29.3 Å². The number of carbonyl (C=O) groups excluding carboxylic acids is 2. The summed E-state index contributed by atoms with van der Waals surface area (Å²) in [5.74, 6) is -1.07. The molecule has 4 nitrogen and oxygen atoms in total. The van der Waals surface area contributed by atoms with Crippen molar-refractivity contribution < 1.29 is 19.1 Å². The summed E-state index contributed by atoms with van der Waals surface area (Å²) < 4.78 is 9.80. The molecule has 0 aliphatic heterocycles. The Morgan fingerprint density at radius 1 is 1.15 bits per heavy atom. The van der Waals surface area contributed by atoms with E-state index in [4.69, 9.17) is 21.1 Å². The van der Waals surface area contributed by atoms with Crippen molar-refractivity contribution in [1.29, 1.82) is 0 Å². The van der Waals surface area contributed by atoms with E-state index in [0.717, 1.165) is 17.7 Å². The molecule has 1 rings (SSSR count). The van der Waals surface area contributed by atoms with Crippen molar-refractivity contribution in [2.75, 3.05) is 6.61 Å². The summed E-state index contributed by atoms with van der Waals surface area (Å²) >= 11 is 5.83. The van der Waals surface area contributed by atoms with E-state index in [2.05, 4.69) is 0 Å². The molecule has 106 valence electrons. The SMILES string of the molecule is CC(C)=CCOC(=O)/C=C/C(=O)Oc1ccccc1Cl. The number of allylic oxidation sites excluding steroid dienone is 1. The van der Waals surface area contributed by atoms with Gasteiger partial charge in [0.15, 0.2) is 0 Å². The summed E-state index contributed by atoms with van der Waals surface area (Å²) in [6.45, 7) is 3.96. The van der Waals surface area contributed by atoms with Crippen molar-refractivity contribution in [3.8, 4) is 5.75 Å². The van der Waals surface area contributed by atoms with E-state index in [0.29, 0.717) is 5.02 Å². The van der Waals surface area contributed by atoms with Crippen molar-refractivity contribution in [1.82, 2.24) is 0 Å². The first-order chi connectivity index (χ1) is 9.49. The van der Waals surface area contributed by atoms with Gasteiger partial charge in [0.25, 0.3) is 0 Å². The van der Waals surface area contributed by atoms with Crippen LogP contribution in [0.1, 0.15) is 13.8 Å². The summed E-state index contributed by atoms with van der Waals surface area (Å²) in [6, 6.07) is 6.56. The maximum Gasteiger partial charge on any atom is 0.336 e. The van der Waals surface area contributed by atoms with Crippen LogP contribution in [0.5, 0.6) is 5.75 Å². The van der Waals surface area contributed by atoms with E-state index in [1.807, 2.05) is 13.8 Å². The Balaban J connectivity index is 2.46. The third-order valence-electron chi connectivity index (χ3n) is 2.12. The minimum atomic E-state index is -0.697. The van der Waals surface area contributed by atoms with Crippen LogP contribution in [0.2, 0.25) is 5.02 Å². The van der Waals surface area contributed by atoms with Gasteiger partial charge in [-0.05, 0) is 32.1 Å². The zero-order valence-corrected chi connectivity index (χ0v) is 12.0. The Hall–Kier alpha value is -2.07. The van der Waals surface area contributed by atoms with E-state index in [1.54, 1.807) is 30.3 Å². The molecule has 20 heavy (non-hydrogen) atoms. The normalized spacial score (nSPS) is 10.2. The summed E-state index contributed by atoms with van der Waals surface area (Å²) in [4.78, 5) is 22.7. The molecule has 0 aromatic heterocycles. The predicted molar refractivity (Wildman–Crippen MR) is 76.6 cm³/mol. The second kappa shape index (κ2) is 8.17. The van der Waals surface area contributed by atoms with Crippen LogP contribution in [0.4, 0.5) is 0 Å². The zero-order chi connectivity index (χ0) is 15.0. The largest absolute Gasteiger partial charge is 0.458 e. The highest BCUT2D eigenvalue weighted by Crippen LogP contribution is 2.23. The van der Waals surface area contributed by atoms with Gasteiger partial charge in [0, 0.05) is 12.2 Å². The van der Waals surface area contributed by atoms with Gasteiger partial charge in [0.1, 0.15) is 12.4 Å². The minimum Gasteiger partial charge on any atom is -0.458 e. The number of benzene rings is 1. The fourth-order valence-electron chi connectivity index (χ4n) is 1.14. The third-order valence-corrected chi connectivity index (χ3v) is 2.43. The molecule has 1 aromatic rings. The zero-order valence-electron chi connectivity index (χ0n) is 11.3. The molecule has 5 heteroatoms. The number of esters is 2. The van der Waals surface area contributed by atoms with E-state index >= 15 is 0 Å². The second-order valence-corrected chi connectivity index (χ2v) is 4.50. The fraction of sp³-hybridized carbons (Fsp3) is 0.200. The highest BCUT2D eigenvalue weighted by molar-refractivity contribution is 6.32. The lowest BCUT2D eigenvalue weighted by atomic mass is 10.3. The van der Waals surface area contributed by atoms with Crippen LogP contribution in [-0.2, 0) is 14.3 Å². The van der Waals surface area contributed by atoms with Gasteiger partial charge in [0.2, 0.25) is 0 Å². The Bertz CT molecular complexity index is 543. The Morgan fingerprint density at radius 2 is 1.80 bits per heavy atom. The molecule has 0 radical (unpaired) electrons. The van der Waals surface area contributed by atoms with Gasteiger partial charge in [-0.15, -0.1) is 0 Å². The smallest absolute Gasteiger partial charge is 0.336 e. The molecule has 0 unspecified atom stereocenters. The van der Waals surface area contributed by atoms with Gasteiger partial charge < -0.3 is 9.47 Å². The molecule has 0 aliphatic carbocycles. The standard InChI is InChI=1S/C15H15ClO4/c1-11(2)9-10-19-14(17)7-8-15(18)20-13-6-4-3-5-12(13)16/h3-9H,10H2,1-2H3/b8-7+. The molecule has 0 N–H and O–H groups in total. The van der Waals surface area contributed by atoms with Crippen LogP contribution in [0, 0.1) is 0 Å². The molecule has 0 atom stereocenters. The Kier molecular flexibility index (Phi) is 6.53. The molecule has 0 saturated carbocycles. The first-order valence-electron chi connectivity index (χ1n) is 5.93. The number of para-hydroxylation sites is 1. The van der Waals surface area contributed by atoms with Crippen LogP contribution in [0.3, 0.4) is 0 Å². The number of halogens is 1. The van der Waals surface area contributed by atoms with Gasteiger partial charge in [-0.3, -0.25) is 0 Å².